The van der Waals surface area contributed by atoms with Crippen molar-refractivity contribution in [1.82, 2.24) is 15.7 Å². The summed E-state index contributed by atoms with van der Waals surface area (Å²) in [5, 5.41) is 13.9. The number of aromatic nitrogens is 2. The number of methoxy groups -OCH3 is 1. The van der Waals surface area contributed by atoms with Crippen LogP contribution in [0.1, 0.15) is 6.92 Å². The maximum absolute atomic E-state index is 13.8. The van der Waals surface area contributed by atoms with E-state index in [1.807, 2.05) is 0 Å². The predicted octanol–water partition coefficient (Wildman–Crippen LogP) is 2.02. The van der Waals surface area contributed by atoms with Crippen molar-refractivity contribution < 1.29 is 23.1 Å². The van der Waals surface area contributed by atoms with Crippen LogP contribution in [0.2, 0.25) is 0 Å². The molecule has 0 atom stereocenters. The quantitative estimate of drug-likeness (QED) is 0.338. The van der Waals surface area contributed by atoms with Gasteiger partial charge in [0.25, 0.3) is 0 Å². The second-order valence-corrected chi connectivity index (χ2v) is 3.58. The van der Waals surface area contributed by atoms with E-state index in [-0.39, 0.29) is 17.2 Å². The van der Waals surface area contributed by atoms with Gasteiger partial charge in [0, 0.05) is 0 Å². The van der Waals surface area contributed by atoms with Gasteiger partial charge in [0.15, 0.2) is 23.2 Å². The van der Waals surface area contributed by atoms with Gasteiger partial charge in [-0.05, 0) is 6.92 Å². The first-order chi connectivity index (χ1) is 9.01. The van der Waals surface area contributed by atoms with E-state index in [4.69, 9.17) is 5.21 Å². The van der Waals surface area contributed by atoms with E-state index in [1.165, 1.54) is 6.92 Å². The molecule has 102 valence electrons. The minimum absolute atomic E-state index is 0.0237. The molecule has 0 amide bonds. The topological polar surface area (TPSA) is 82.5 Å². The van der Waals surface area contributed by atoms with Crippen LogP contribution in [0.5, 0.6) is 5.75 Å². The number of hydroxylamine groups is 1. The number of hydrogen-bond acceptors (Lipinski definition) is 4. The molecule has 0 bridgehead atoms. The van der Waals surface area contributed by atoms with E-state index < -0.39 is 28.6 Å². The number of aromatic amines is 1. The van der Waals surface area contributed by atoms with Gasteiger partial charge in [0.1, 0.15) is 11.4 Å². The van der Waals surface area contributed by atoms with Gasteiger partial charge in [-0.3, -0.25) is 15.8 Å². The van der Waals surface area contributed by atoms with Crippen LogP contribution in [0.3, 0.4) is 0 Å². The van der Waals surface area contributed by atoms with Crippen LogP contribution in [-0.4, -0.2) is 28.4 Å². The number of amidine groups is 1. The summed E-state index contributed by atoms with van der Waals surface area (Å²) in [5.41, 5.74) is 1.33. The Bertz CT molecular complexity index is 669. The molecule has 3 N–H and O–H groups in total. The predicted molar refractivity (Wildman–Crippen MR) is 60.2 cm³/mol. The molecule has 1 aromatic heterocycles. The molecule has 1 heterocycles. The third-order valence-corrected chi connectivity index (χ3v) is 2.42. The number of ether oxygens (including phenoxy) is 1. The van der Waals surface area contributed by atoms with E-state index in [0.717, 1.165) is 7.11 Å². The fourth-order valence-corrected chi connectivity index (χ4v) is 1.56. The molecule has 0 saturated carbocycles. The monoisotopic (exact) mass is 274 g/mol. The molecule has 0 aliphatic rings. The molecule has 0 spiro atoms. The molecule has 0 saturated heterocycles. The zero-order chi connectivity index (χ0) is 14.2. The van der Waals surface area contributed by atoms with Crippen LogP contribution in [0, 0.1) is 17.5 Å². The van der Waals surface area contributed by atoms with Crippen LogP contribution in [0.4, 0.5) is 19.0 Å². The van der Waals surface area contributed by atoms with E-state index in [1.54, 1.807) is 5.48 Å². The zero-order valence-electron chi connectivity index (χ0n) is 9.88. The van der Waals surface area contributed by atoms with Gasteiger partial charge in [0.05, 0.1) is 12.5 Å². The maximum Gasteiger partial charge on any atom is 0.204 e. The summed E-state index contributed by atoms with van der Waals surface area (Å²) in [6, 6.07) is 0. The molecule has 0 aliphatic carbocycles. The lowest BCUT2D eigenvalue weighted by Gasteiger charge is -2.05. The standard InChI is InChI=1S/C10H9F3N4O2/c1-3(17-18)14-10-4-5(11)6(12)9(19-2)7(13)8(4)15-16-10/h18H,1-2H3,(H2,14,15,16,17). The Hall–Kier alpha value is -2.29. The molecule has 0 aliphatic heterocycles. The van der Waals surface area contributed by atoms with Crippen LogP contribution >= 0.6 is 0 Å². The number of benzene rings is 1. The molecule has 2 aromatic rings. The van der Waals surface area contributed by atoms with Crippen molar-refractivity contribution in [2.45, 2.75) is 6.92 Å². The molecular formula is C10H9F3N4O2. The molecule has 0 fully saturated rings. The van der Waals surface area contributed by atoms with Gasteiger partial charge in [-0.1, -0.05) is 0 Å². The van der Waals surface area contributed by atoms with E-state index in [2.05, 4.69) is 19.9 Å². The summed E-state index contributed by atoms with van der Waals surface area (Å²) in [5.74, 6) is -5.09. The molecular weight excluding hydrogens is 265 g/mol. The van der Waals surface area contributed by atoms with Crippen LogP contribution < -0.4 is 10.2 Å². The molecule has 19 heavy (non-hydrogen) atoms. The molecule has 0 radical (unpaired) electrons. The lowest BCUT2D eigenvalue weighted by molar-refractivity contribution is 0.234. The number of nitrogens with zero attached hydrogens (tertiary/aromatic N) is 2. The van der Waals surface area contributed by atoms with Gasteiger partial charge in [-0.15, -0.1) is 0 Å². The van der Waals surface area contributed by atoms with Gasteiger partial charge in [-0.2, -0.15) is 9.49 Å². The summed E-state index contributed by atoms with van der Waals surface area (Å²) >= 11 is 0. The third-order valence-electron chi connectivity index (χ3n) is 2.42. The van der Waals surface area contributed by atoms with E-state index in [0.29, 0.717) is 0 Å². The lowest BCUT2D eigenvalue weighted by Crippen LogP contribution is -2.13. The minimum Gasteiger partial charge on any atom is -0.491 e. The van der Waals surface area contributed by atoms with Crippen LogP contribution in [0.25, 0.3) is 10.9 Å². The summed E-state index contributed by atoms with van der Waals surface area (Å²) in [6.07, 6.45) is 0. The van der Waals surface area contributed by atoms with Crippen molar-refractivity contribution >= 4 is 22.6 Å². The number of halogens is 3. The number of fused-ring (bicyclic) bond motifs is 1. The average Bonchev–Trinajstić information content (AvgIpc) is 2.80. The SMILES string of the molecule is COc1c(F)c(F)c2c(N=C(C)NO)n[nH]c2c1F. The highest BCUT2D eigenvalue weighted by atomic mass is 19.2. The number of aliphatic imine (C=N–C) groups is 1. The van der Waals surface area contributed by atoms with Crippen molar-refractivity contribution in [3.63, 3.8) is 0 Å². The van der Waals surface area contributed by atoms with Gasteiger partial charge in [-0.25, -0.2) is 13.8 Å². The second kappa shape index (κ2) is 4.76. The normalized spacial score (nSPS) is 12.0. The lowest BCUT2D eigenvalue weighted by atomic mass is 10.2. The first kappa shape index (κ1) is 13.1. The largest absolute Gasteiger partial charge is 0.491 e. The molecule has 9 heteroatoms. The van der Waals surface area contributed by atoms with Crippen molar-refractivity contribution in [2.75, 3.05) is 7.11 Å². The Kier molecular flexibility index (Phi) is 3.30. The molecule has 0 unspecified atom stereocenters. The first-order valence-electron chi connectivity index (χ1n) is 5.05. The Morgan fingerprint density at radius 1 is 1.32 bits per heavy atom. The van der Waals surface area contributed by atoms with Crippen LogP contribution in [0.15, 0.2) is 4.99 Å². The van der Waals surface area contributed by atoms with Crippen molar-refractivity contribution in [2.24, 2.45) is 4.99 Å². The number of nitrogens with one attached hydrogen (secondary N) is 2. The summed E-state index contributed by atoms with van der Waals surface area (Å²) in [4.78, 5) is 3.66. The van der Waals surface area contributed by atoms with E-state index >= 15 is 0 Å². The molecule has 2 rings (SSSR count). The minimum atomic E-state index is -1.47. The Morgan fingerprint density at radius 3 is 2.58 bits per heavy atom. The average molecular weight is 274 g/mol. The third kappa shape index (κ3) is 1.97. The summed E-state index contributed by atoms with van der Waals surface area (Å²) < 4.78 is 45.7. The smallest absolute Gasteiger partial charge is 0.204 e. The summed E-state index contributed by atoms with van der Waals surface area (Å²) in [7, 11) is 1.02. The number of hydrogen-bond donors (Lipinski definition) is 3. The Labute approximate surface area is 104 Å². The van der Waals surface area contributed by atoms with Crippen LogP contribution in [-0.2, 0) is 0 Å². The highest BCUT2D eigenvalue weighted by Gasteiger charge is 2.25. The number of rotatable bonds is 2. The van der Waals surface area contributed by atoms with Gasteiger partial charge < -0.3 is 4.74 Å². The molecule has 1 aromatic carbocycles. The van der Waals surface area contributed by atoms with Crippen molar-refractivity contribution in [3.05, 3.63) is 17.5 Å². The van der Waals surface area contributed by atoms with Crippen molar-refractivity contribution in [3.8, 4) is 5.75 Å². The first-order valence-corrected chi connectivity index (χ1v) is 5.05. The van der Waals surface area contributed by atoms with E-state index in [9.17, 15) is 13.2 Å². The number of H-pyrrole nitrogens is 1. The Balaban J connectivity index is 2.80. The fourth-order valence-electron chi connectivity index (χ4n) is 1.56. The maximum atomic E-state index is 13.8. The van der Waals surface area contributed by atoms with Gasteiger partial charge >= 0.3 is 0 Å². The van der Waals surface area contributed by atoms with Crippen molar-refractivity contribution in [1.29, 1.82) is 0 Å². The second-order valence-electron chi connectivity index (χ2n) is 3.58. The zero-order valence-corrected chi connectivity index (χ0v) is 9.88. The Morgan fingerprint density at radius 2 is 2.00 bits per heavy atom. The summed E-state index contributed by atoms with van der Waals surface area (Å²) in [6.45, 7) is 1.36. The highest BCUT2D eigenvalue weighted by molar-refractivity contribution is 5.93. The molecule has 6 nitrogen and oxygen atoms in total. The highest BCUT2D eigenvalue weighted by Crippen LogP contribution is 2.35. The van der Waals surface area contributed by atoms with Gasteiger partial charge in [0.2, 0.25) is 5.82 Å². The fraction of sp³-hybridized carbons (Fsp3) is 0.200.